The fraction of sp³-hybridized carbons (Fsp3) is 0.462. The highest BCUT2D eigenvalue weighted by Gasteiger charge is 2.26. The Morgan fingerprint density at radius 1 is 1.05 bits per heavy atom. The van der Waals surface area contributed by atoms with Gasteiger partial charge in [0.1, 0.15) is 11.8 Å². The summed E-state index contributed by atoms with van der Waals surface area (Å²) >= 11 is 0. The molecule has 0 aliphatic rings. The number of benzene rings is 2. The smallest absolute Gasteiger partial charge is 0.242 e. The third-order valence-electron chi connectivity index (χ3n) is 5.85. The second kappa shape index (κ2) is 13.9. The molecular formula is C26H35F2N3O5S. The molecule has 1 N–H and O–H groups in total. The summed E-state index contributed by atoms with van der Waals surface area (Å²) < 4.78 is 57.8. The van der Waals surface area contributed by atoms with Gasteiger partial charge in [-0.05, 0) is 49.6 Å². The number of carbonyl (C=O) groups excluding carboxylic acids is 2. The number of unbranched alkanes of at least 4 members (excludes halogenated alkanes) is 1. The van der Waals surface area contributed by atoms with E-state index in [1.807, 2.05) is 6.92 Å². The van der Waals surface area contributed by atoms with Crippen LogP contribution < -0.4 is 14.4 Å². The van der Waals surface area contributed by atoms with Gasteiger partial charge in [0, 0.05) is 32.1 Å². The lowest BCUT2D eigenvalue weighted by Crippen LogP contribution is -2.47. The Morgan fingerprint density at radius 3 is 2.30 bits per heavy atom. The SMILES string of the molecule is CCCCNC(=O)C(C)N(Cc1ccc(OC)cc1)C(=O)CCCN(c1ccc(F)c(F)c1)S(C)(=O)=O. The second-order valence-electron chi connectivity index (χ2n) is 8.73. The molecule has 204 valence electrons. The quantitative estimate of drug-likeness (QED) is 0.368. The molecule has 0 saturated heterocycles. The van der Waals surface area contributed by atoms with Crippen LogP contribution >= 0.6 is 0 Å². The fourth-order valence-electron chi connectivity index (χ4n) is 3.69. The van der Waals surface area contributed by atoms with Crippen LogP contribution in [0.15, 0.2) is 42.5 Å². The Morgan fingerprint density at radius 2 is 1.73 bits per heavy atom. The molecule has 2 amide bonds. The van der Waals surface area contributed by atoms with Crippen molar-refractivity contribution in [1.29, 1.82) is 0 Å². The number of hydrogen-bond acceptors (Lipinski definition) is 5. The lowest BCUT2D eigenvalue weighted by Gasteiger charge is -2.29. The van der Waals surface area contributed by atoms with E-state index in [0.717, 1.165) is 41.1 Å². The number of carbonyl (C=O) groups is 2. The van der Waals surface area contributed by atoms with Crippen molar-refractivity contribution in [3.63, 3.8) is 0 Å². The number of hydrogen-bond donors (Lipinski definition) is 1. The first-order valence-corrected chi connectivity index (χ1v) is 14.0. The minimum absolute atomic E-state index is 0.0346. The Bertz CT molecular complexity index is 1160. The molecule has 2 aromatic rings. The number of sulfonamides is 1. The number of nitrogens with one attached hydrogen (secondary N) is 1. The molecule has 0 bridgehead atoms. The molecule has 0 saturated carbocycles. The van der Waals surface area contributed by atoms with Crippen LogP contribution in [0.2, 0.25) is 0 Å². The van der Waals surface area contributed by atoms with E-state index < -0.39 is 27.7 Å². The van der Waals surface area contributed by atoms with Crippen molar-refractivity contribution >= 4 is 27.5 Å². The van der Waals surface area contributed by atoms with E-state index in [1.54, 1.807) is 38.3 Å². The van der Waals surface area contributed by atoms with Crippen molar-refractivity contribution in [3.05, 3.63) is 59.7 Å². The number of ether oxygens (including phenoxy) is 1. The van der Waals surface area contributed by atoms with Crippen LogP contribution in [0.1, 0.15) is 45.1 Å². The maximum absolute atomic E-state index is 13.7. The first-order chi connectivity index (χ1) is 17.5. The summed E-state index contributed by atoms with van der Waals surface area (Å²) in [6.07, 6.45) is 2.73. The number of amides is 2. The van der Waals surface area contributed by atoms with E-state index in [1.165, 1.54) is 11.0 Å². The van der Waals surface area contributed by atoms with Crippen LogP contribution in [-0.2, 0) is 26.2 Å². The molecule has 2 rings (SSSR count). The summed E-state index contributed by atoms with van der Waals surface area (Å²) in [6.45, 7) is 4.21. The van der Waals surface area contributed by atoms with Crippen molar-refractivity contribution in [2.45, 2.75) is 52.1 Å². The van der Waals surface area contributed by atoms with Crippen molar-refractivity contribution in [2.24, 2.45) is 0 Å². The van der Waals surface area contributed by atoms with E-state index in [-0.39, 0.29) is 43.4 Å². The summed E-state index contributed by atoms with van der Waals surface area (Å²) in [5.41, 5.74) is 0.759. The van der Waals surface area contributed by atoms with Crippen LogP contribution in [-0.4, -0.2) is 57.6 Å². The molecular weight excluding hydrogens is 504 g/mol. The summed E-state index contributed by atoms with van der Waals surface area (Å²) in [4.78, 5) is 27.4. The number of methoxy groups -OCH3 is 1. The zero-order chi connectivity index (χ0) is 27.6. The van der Waals surface area contributed by atoms with Gasteiger partial charge in [-0.3, -0.25) is 13.9 Å². The second-order valence-corrected chi connectivity index (χ2v) is 10.6. The predicted molar refractivity (Wildman–Crippen MR) is 139 cm³/mol. The minimum Gasteiger partial charge on any atom is -0.497 e. The van der Waals surface area contributed by atoms with Crippen LogP contribution in [0.3, 0.4) is 0 Å². The molecule has 11 heteroatoms. The molecule has 0 spiro atoms. The van der Waals surface area contributed by atoms with Crippen LogP contribution in [0.5, 0.6) is 5.75 Å². The van der Waals surface area contributed by atoms with E-state index >= 15 is 0 Å². The van der Waals surface area contributed by atoms with Gasteiger partial charge in [0.05, 0.1) is 19.1 Å². The zero-order valence-corrected chi connectivity index (χ0v) is 22.5. The summed E-state index contributed by atoms with van der Waals surface area (Å²) in [6, 6.07) is 9.18. The molecule has 1 atom stereocenters. The van der Waals surface area contributed by atoms with Gasteiger partial charge in [-0.15, -0.1) is 0 Å². The van der Waals surface area contributed by atoms with Gasteiger partial charge in [0.15, 0.2) is 11.6 Å². The largest absolute Gasteiger partial charge is 0.497 e. The first-order valence-electron chi connectivity index (χ1n) is 12.1. The van der Waals surface area contributed by atoms with Gasteiger partial charge >= 0.3 is 0 Å². The highest BCUT2D eigenvalue weighted by molar-refractivity contribution is 7.92. The molecule has 0 aliphatic heterocycles. The number of nitrogens with zero attached hydrogens (tertiary/aromatic N) is 2. The maximum Gasteiger partial charge on any atom is 0.242 e. The van der Waals surface area contributed by atoms with Crippen LogP contribution in [0, 0.1) is 11.6 Å². The van der Waals surface area contributed by atoms with Crippen molar-refractivity contribution in [1.82, 2.24) is 10.2 Å². The normalized spacial score (nSPS) is 12.1. The fourth-order valence-corrected chi connectivity index (χ4v) is 4.65. The standard InChI is InChI=1S/C26H35F2N3O5S/c1-5-6-15-29-26(33)19(2)30(18-20-9-12-22(36-3)13-10-20)25(32)8-7-16-31(37(4,34)35)21-11-14-23(27)24(28)17-21/h9-14,17,19H,5-8,15-16,18H2,1-4H3,(H,29,33). The molecule has 0 aliphatic carbocycles. The van der Waals surface area contributed by atoms with Gasteiger partial charge in [0.25, 0.3) is 0 Å². The Labute approximate surface area is 217 Å². The minimum atomic E-state index is -3.82. The van der Waals surface area contributed by atoms with E-state index in [0.29, 0.717) is 12.3 Å². The van der Waals surface area contributed by atoms with Crippen molar-refractivity contribution in [2.75, 3.05) is 30.8 Å². The Hall–Kier alpha value is -3.21. The van der Waals surface area contributed by atoms with Crippen LogP contribution in [0.25, 0.3) is 0 Å². The number of rotatable bonds is 14. The third kappa shape index (κ3) is 8.99. The summed E-state index contributed by atoms with van der Waals surface area (Å²) in [7, 11) is -2.27. The topological polar surface area (TPSA) is 96.0 Å². The average Bonchev–Trinajstić information content (AvgIpc) is 2.86. The Kier molecular flexibility index (Phi) is 11.3. The first kappa shape index (κ1) is 30.0. The predicted octanol–water partition coefficient (Wildman–Crippen LogP) is 3.85. The number of halogens is 2. The highest BCUT2D eigenvalue weighted by atomic mass is 32.2. The molecule has 2 aromatic carbocycles. The molecule has 0 heterocycles. The number of anilines is 1. The molecule has 0 fully saturated rings. The van der Waals surface area contributed by atoms with Crippen LogP contribution in [0.4, 0.5) is 14.5 Å². The molecule has 1 unspecified atom stereocenters. The Balaban J connectivity index is 2.16. The van der Waals surface area contributed by atoms with Gasteiger partial charge in [0.2, 0.25) is 21.8 Å². The molecule has 0 aromatic heterocycles. The van der Waals surface area contributed by atoms with Gasteiger partial charge in [-0.1, -0.05) is 25.5 Å². The molecule has 37 heavy (non-hydrogen) atoms. The average molecular weight is 540 g/mol. The van der Waals surface area contributed by atoms with Gasteiger partial charge in [-0.25, -0.2) is 17.2 Å². The highest BCUT2D eigenvalue weighted by Crippen LogP contribution is 2.22. The lowest BCUT2D eigenvalue weighted by molar-refractivity contribution is -0.140. The lowest BCUT2D eigenvalue weighted by atomic mass is 10.1. The van der Waals surface area contributed by atoms with Crippen molar-refractivity contribution in [3.8, 4) is 5.75 Å². The van der Waals surface area contributed by atoms with Gasteiger partial charge in [-0.2, -0.15) is 0 Å². The summed E-state index contributed by atoms with van der Waals surface area (Å²) in [5.74, 6) is -2.23. The van der Waals surface area contributed by atoms with Gasteiger partial charge < -0.3 is 15.0 Å². The zero-order valence-electron chi connectivity index (χ0n) is 21.7. The van der Waals surface area contributed by atoms with E-state index in [2.05, 4.69) is 5.32 Å². The molecule has 8 nitrogen and oxygen atoms in total. The van der Waals surface area contributed by atoms with E-state index in [9.17, 15) is 26.8 Å². The monoisotopic (exact) mass is 539 g/mol. The molecule has 0 radical (unpaired) electrons. The summed E-state index contributed by atoms with van der Waals surface area (Å²) in [5, 5.41) is 2.84. The van der Waals surface area contributed by atoms with E-state index in [4.69, 9.17) is 4.74 Å². The maximum atomic E-state index is 13.7. The van der Waals surface area contributed by atoms with Crippen molar-refractivity contribution < 1.29 is 31.5 Å². The third-order valence-corrected chi connectivity index (χ3v) is 7.05.